The van der Waals surface area contributed by atoms with Crippen LogP contribution in [0.5, 0.6) is 0 Å². The van der Waals surface area contributed by atoms with Crippen LogP contribution >= 0.6 is 0 Å². The zero-order chi connectivity index (χ0) is 12.2. The maximum absolute atomic E-state index is 4.02. The Morgan fingerprint density at radius 3 is 2.32 bits per heavy atom. The van der Waals surface area contributed by atoms with Gasteiger partial charge in [0.25, 0.3) is 0 Å². The van der Waals surface area contributed by atoms with Crippen LogP contribution in [0.1, 0.15) is 0 Å². The summed E-state index contributed by atoms with van der Waals surface area (Å²) in [5.41, 5.74) is 3.78. The van der Waals surface area contributed by atoms with Crippen LogP contribution < -0.4 is 0 Å². The Bertz CT molecular complexity index is 636. The van der Waals surface area contributed by atoms with Crippen molar-refractivity contribution in [2.24, 2.45) is 0 Å². The first-order valence-electron chi connectivity index (χ1n) is 5.42. The van der Waals surface area contributed by atoms with E-state index in [1.54, 1.807) is 18.7 Å². The second-order valence-electron chi connectivity index (χ2n) is 3.61. The summed E-state index contributed by atoms with van der Waals surface area (Å²) >= 11 is 0. The number of hydrogen-bond acceptors (Lipinski definition) is 4. The maximum Gasteiger partial charge on any atom is 0.112 e. The van der Waals surface area contributed by atoms with Crippen molar-refractivity contribution in [1.29, 1.82) is 0 Å². The smallest absolute Gasteiger partial charge is 0.112 e. The van der Waals surface area contributed by atoms with Gasteiger partial charge in [-0.05, 0) is 18.2 Å². The molecule has 0 unspecified atom stereocenters. The molecule has 0 fully saturated rings. The van der Waals surface area contributed by atoms with Crippen LogP contribution in [0.4, 0.5) is 0 Å². The van der Waals surface area contributed by atoms with E-state index in [-0.39, 0.29) is 19.5 Å². The molecule has 19 heavy (non-hydrogen) atoms. The number of para-hydroxylation sites is 2. The molecule has 0 saturated carbocycles. The molecule has 0 atom stereocenters. The summed E-state index contributed by atoms with van der Waals surface area (Å²) in [4.78, 5) is 10.9. The first kappa shape index (κ1) is 13.3. The molecular weight excluding hydrogens is 294 g/mol. The number of rotatable bonds is 0. The Morgan fingerprint density at radius 1 is 0.895 bits per heavy atom. The first-order chi connectivity index (χ1) is 8.93. The summed E-state index contributed by atoms with van der Waals surface area (Å²) < 4.78 is 0. The van der Waals surface area contributed by atoms with Gasteiger partial charge in [0.1, 0.15) is 11.0 Å². The van der Waals surface area contributed by atoms with Crippen molar-refractivity contribution >= 4 is 22.1 Å². The van der Waals surface area contributed by atoms with E-state index in [2.05, 4.69) is 30.4 Å². The van der Waals surface area contributed by atoms with Gasteiger partial charge >= 0.3 is 0 Å². The molecule has 0 saturated heterocycles. The largest absolute Gasteiger partial charge is 0.343 e. The van der Waals surface area contributed by atoms with Gasteiger partial charge in [0, 0.05) is 25.7 Å². The van der Waals surface area contributed by atoms with Crippen LogP contribution in [0.15, 0.2) is 49.1 Å². The quantitative estimate of drug-likeness (QED) is 0.486. The SMILES string of the molecule is [Zn].c1cc2nc[nH]c2cn1.c1ccc2n[nH]nc2c1. The molecule has 0 amide bonds. The number of pyridine rings is 1. The van der Waals surface area contributed by atoms with Crippen molar-refractivity contribution in [3.63, 3.8) is 0 Å². The molecule has 3 aromatic heterocycles. The summed E-state index contributed by atoms with van der Waals surface area (Å²) in [5.74, 6) is 0. The van der Waals surface area contributed by atoms with Crippen molar-refractivity contribution in [3.05, 3.63) is 49.1 Å². The Kier molecular flexibility index (Phi) is 4.31. The molecule has 0 aliphatic heterocycles. The van der Waals surface area contributed by atoms with E-state index < -0.39 is 0 Å². The Balaban J connectivity index is 0.000000133. The number of hydrogen-bond donors (Lipinski definition) is 2. The van der Waals surface area contributed by atoms with Gasteiger partial charge < -0.3 is 4.98 Å². The predicted octanol–water partition coefficient (Wildman–Crippen LogP) is 1.91. The predicted molar refractivity (Wildman–Crippen MR) is 67.8 cm³/mol. The van der Waals surface area contributed by atoms with Gasteiger partial charge in [-0.15, -0.1) is 0 Å². The van der Waals surface area contributed by atoms with Crippen LogP contribution in [0.2, 0.25) is 0 Å². The van der Waals surface area contributed by atoms with Crippen molar-refractivity contribution in [3.8, 4) is 0 Å². The standard InChI is InChI=1S/2C6H5N3.Zn/c1-2-7-3-6-5(1)8-4-9-6;1-2-4-6-5(3-1)7-9-8-6;/h1-4H,(H,8,9);1-4H,(H,7,8,9);. The average molecular weight is 304 g/mol. The van der Waals surface area contributed by atoms with Crippen LogP contribution in [0.25, 0.3) is 22.1 Å². The van der Waals surface area contributed by atoms with Crippen molar-refractivity contribution in [2.75, 3.05) is 0 Å². The zero-order valence-electron chi connectivity index (χ0n) is 10.1. The van der Waals surface area contributed by atoms with Crippen molar-refractivity contribution < 1.29 is 19.5 Å². The van der Waals surface area contributed by atoms with Crippen LogP contribution in [-0.2, 0) is 19.5 Å². The molecule has 0 radical (unpaired) electrons. The summed E-state index contributed by atoms with van der Waals surface area (Å²) in [6.45, 7) is 0. The van der Waals surface area contributed by atoms with E-state index in [0.717, 1.165) is 22.1 Å². The van der Waals surface area contributed by atoms with Crippen LogP contribution in [0.3, 0.4) is 0 Å². The number of aromatic nitrogens is 6. The van der Waals surface area contributed by atoms with E-state index in [1.807, 2.05) is 30.3 Å². The molecule has 0 bridgehead atoms. The van der Waals surface area contributed by atoms with E-state index >= 15 is 0 Å². The van der Waals surface area contributed by atoms with E-state index in [4.69, 9.17) is 0 Å². The Hall–Kier alpha value is -2.14. The second kappa shape index (κ2) is 6.15. The third-order valence-electron chi connectivity index (χ3n) is 2.44. The molecule has 2 N–H and O–H groups in total. The fourth-order valence-corrected chi connectivity index (χ4v) is 1.57. The van der Waals surface area contributed by atoms with Crippen LogP contribution in [0, 0.1) is 0 Å². The molecule has 7 heteroatoms. The minimum absolute atomic E-state index is 0. The zero-order valence-corrected chi connectivity index (χ0v) is 13.1. The van der Waals surface area contributed by atoms with E-state index in [9.17, 15) is 0 Å². The second-order valence-corrected chi connectivity index (χ2v) is 3.61. The Labute approximate surface area is 121 Å². The molecule has 4 aromatic rings. The minimum atomic E-state index is 0. The molecule has 90 valence electrons. The average Bonchev–Trinajstić information content (AvgIpc) is 3.08. The summed E-state index contributed by atoms with van der Waals surface area (Å²) in [7, 11) is 0. The van der Waals surface area contributed by atoms with Crippen molar-refractivity contribution in [1.82, 2.24) is 30.4 Å². The first-order valence-corrected chi connectivity index (χ1v) is 5.42. The molecular formula is C12H10N6Zn. The van der Waals surface area contributed by atoms with Gasteiger partial charge in [0.2, 0.25) is 0 Å². The van der Waals surface area contributed by atoms with Gasteiger partial charge in [0.15, 0.2) is 0 Å². The number of fused-ring (bicyclic) bond motifs is 2. The maximum atomic E-state index is 4.02. The Morgan fingerprint density at radius 2 is 1.63 bits per heavy atom. The summed E-state index contributed by atoms with van der Waals surface area (Å²) in [6.07, 6.45) is 5.14. The monoisotopic (exact) mass is 302 g/mol. The van der Waals surface area contributed by atoms with Gasteiger partial charge in [-0.25, -0.2) is 4.98 Å². The third kappa shape index (κ3) is 3.00. The van der Waals surface area contributed by atoms with Crippen molar-refractivity contribution in [2.45, 2.75) is 0 Å². The third-order valence-corrected chi connectivity index (χ3v) is 2.44. The van der Waals surface area contributed by atoms with Gasteiger partial charge in [0.05, 0.1) is 23.6 Å². The minimum Gasteiger partial charge on any atom is -0.343 e. The molecule has 0 aliphatic carbocycles. The van der Waals surface area contributed by atoms with E-state index in [0.29, 0.717) is 0 Å². The van der Waals surface area contributed by atoms with Gasteiger partial charge in [-0.2, -0.15) is 15.4 Å². The number of benzene rings is 1. The van der Waals surface area contributed by atoms with Crippen LogP contribution in [-0.4, -0.2) is 30.4 Å². The molecule has 4 rings (SSSR count). The number of H-pyrrole nitrogens is 2. The molecule has 0 aliphatic rings. The van der Waals surface area contributed by atoms with E-state index in [1.165, 1.54) is 0 Å². The summed E-state index contributed by atoms with van der Waals surface area (Å²) in [6, 6.07) is 9.57. The molecule has 3 heterocycles. The van der Waals surface area contributed by atoms with Gasteiger partial charge in [-0.3, -0.25) is 4.98 Å². The number of nitrogens with zero attached hydrogens (tertiary/aromatic N) is 4. The summed E-state index contributed by atoms with van der Waals surface area (Å²) in [5, 5.41) is 10.3. The normalized spacial score (nSPS) is 9.68. The number of imidazole rings is 1. The molecule has 6 nitrogen and oxygen atoms in total. The fraction of sp³-hybridized carbons (Fsp3) is 0. The molecule has 1 aromatic carbocycles. The number of nitrogens with one attached hydrogen (secondary N) is 2. The van der Waals surface area contributed by atoms with Gasteiger partial charge in [-0.1, -0.05) is 12.1 Å². The number of aromatic amines is 2. The topological polar surface area (TPSA) is 83.1 Å². The fourth-order valence-electron chi connectivity index (χ4n) is 1.57. The molecule has 0 spiro atoms.